The molecule has 2 rings (SSSR count). The Kier molecular flexibility index (Phi) is 5.21. The number of rotatable bonds is 5. The van der Waals surface area contributed by atoms with E-state index in [1.165, 1.54) is 5.56 Å². The summed E-state index contributed by atoms with van der Waals surface area (Å²) in [5.74, 6) is 0.765. The standard InChI is InChI=1S/C19H23NO2/c1-14-10-15(2)16(3)18(11-14)22-13-19(21)20(4)12-17-8-6-5-7-9-17/h5-11H,12-13H2,1-4H3. The van der Waals surface area contributed by atoms with Gasteiger partial charge in [-0.2, -0.15) is 0 Å². The Morgan fingerprint density at radius 1 is 1.09 bits per heavy atom. The van der Waals surface area contributed by atoms with Gasteiger partial charge in [-0.15, -0.1) is 0 Å². The summed E-state index contributed by atoms with van der Waals surface area (Å²) in [7, 11) is 1.80. The number of aryl methyl sites for hydroxylation is 2. The van der Waals surface area contributed by atoms with Crippen LogP contribution >= 0.6 is 0 Å². The van der Waals surface area contributed by atoms with Crippen molar-refractivity contribution >= 4 is 5.91 Å². The average molecular weight is 297 g/mol. The highest BCUT2D eigenvalue weighted by atomic mass is 16.5. The number of hydrogen-bond acceptors (Lipinski definition) is 2. The Bertz CT molecular complexity index is 650. The van der Waals surface area contributed by atoms with Crippen LogP contribution in [0.4, 0.5) is 0 Å². The van der Waals surface area contributed by atoms with E-state index in [-0.39, 0.29) is 12.5 Å². The van der Waals surface area contributed by atoms with E-state index in [0.29, 0.717) is 6.54 Å². The molecule has 0 radical (unpaired) electrons. The highest BCUT2D eigenvalue weighted by molar-refractivity contribution is 5.77. The van der Waals surface area contributed by atoms with Crippen molar-refractivity contribution in [2.75, 3.05) is 13.7 Å². The van der Waals surface area contributed by atoms with Gasteiger partial charge in [-0.3, -0.25) is 4.79 Å². The first-order chi connectivity index (χ1) is 10.5. The van der Waals surface area contributed by atoms with Crippen LogP contribution in [-0.4, -0.2) is 24.5 Å². The first-order valence-corrected chi connectivity index (χ1v) is 7.46. The van der Waals surface area contributed by atoms with E-state index in [9.17, 15) is 4.79 Å². The second kappa shape index (κ2) is 7.12. The number of nitrogens with zero attached hydrogens (tertiary/aromatic N) is 1. The maximum atomic E-state index is 12.2. The summed E-state index contributed by atoms with van der Waals surface area (Å²) in [6, 6.07) is 14.0. The Morgan fingerprint density at radius 3 is 2.45 bits per heavy atom. The number of ether oxygens (including phenoxy) is 1. The molecule has 0 aliphatic heterocycles. The molecule has 0 bridgehead atoms. The molecule has 2 aromatic carbocycles. The third-order valence-corrected chi connectivity index (χ3v) is 3.80. The Balaban J connectivity index is 1.95. The number of carbonyl (C=O) groups excluding carboxylic acids is 1. The van der Waals surface area contributed by atoms with Gasteiger partial charge in [0.05, 0.1) is 0 Å². The Labute approximate surface area is 132 Å². The van der Waals surface area contributed by atoms with Crippen LogP contribution in [0.5, 0.6) is 5.75 Å². The molecule has 0 aliphatic carbocycles. The maximum Gasteiger partial charge on any atom is 0.260 e. The normalized spacial score (nSPS) is 10.4. The molecule has 0 fully saturated rings. The summed E-state index contributed by atoms with van der Waals surface area (Å²) in [4.78, 5) is 13.9. The van der Waals surface area contributed by atoms with Gasteiger partial charge in [0.15, 0.2) is 6.61 Å². The molecule has 0 aliphatic rings. The van der Waals surface area contributed by atoms with Crippen LogP contribution in [0.2, 0.25) is 0 Å². The molecular weight excluding hydrogens is 274 g/mol. The van der Waals surface area contributed by atoms with Gasteiger partial charge in [0.25, 0.3) is 5.91 Å². The molecule has 0 N–H and O–H groups in total. The molecule has 0 unspecified atom stereocenters. The van der Waals surface area contributed by atoms with E-state index < -0.39 is 0 Å². The van der Waals surface area contributed by atoms with Crippen LogP contribution in [0, 0.1) is 20.8 Å². The van der Waals surface area contributed by atoms with Gasteiger partial charge in [0, 0.05) is 13.6 Å². The Morgan fingerprint density at radius 2 is 1.77 bits per heavy atom. The fraction of sp³-hybridized carbons (Fsp3) is 0.316. The molecule has 0 atom stereocenters. The third kappa shape index (κ3) is 4.10. The fourth-order valence-corrected chi connectivity index (χ4v) is 2.35. The average Bonchev–Trinajstić information content (AvgIpc) is 2.50. The summed E-state index contributed by atoms with van der Waals surface area (Å²) in [6.07, 6.45) is 0. The zero-order chi connectivity index (χ0) is 16.1. The van der Waals surface area contributed by atoms with Crippen molar-refractivity contribution in [2.45, 2.75) is 27.3 Å². The van der Waals surface area contributed by atoms with Gasteiger partial charge < -0.3 is 9.64 Å². The molecule has 2 aromatic rings. The highest BCUT2D eigenvalue weighted by Crippen LogP contribution is 2.23. The topological polar surface area (TPSA) is 29.5 Å². The lowest BCUT2D eigenvalue weighted by Crippen LogP contribution is -2.31. The minimum Gasteiger partial charge on any atom is -0.483 e. The second-order valence-electron chi connectivity index (χ2n) is 5.73. The zero-order valence-electron chi connectivity index (χ0n) is 13.7. The summed E-state index contributed by atoms with van der Waals surface area (Å²) < 4.78 is 5.73. The SMILES string of the molecule is Cc1cc(C)c(C)c(OCC(=O)N(C)Cc2ccccc2)c1. The molecule has 22 heavy (non-hydrogen) atoms. The third-order valence-electron chi connectivity index (χ3n) is 3.80. The van der Waals surface area contributed by atoms with Gasteiger partial charge in [-0.25, -0.2) is 0 Å². The van der Waals surface area contributed by atoms with E-state index in [1.54, 1.807) is 11.9 Å². The highest BCUT2D eigenvalue weighted by Gasteiger charge is 2.11. The summed E-state index contributed by atoms with van der Waals surface area (Å²) >= 11 is 0. The maximum absolute atomic E-state index is 12.2. The van der Waals surface area contributed by atoms with Gasteiger partial charge in [-0.05, 0) is 49.1 Å². The van der Waals surface area contributed by atoms with Crippen LogP contribution in [0.3, 0.4) is 0 Å². The smallest absolute Gasteiger partial charge is 0.260 e. The molecule has 0 aromatic heterocycles. The van der Waals surface area contributed by atoms with Crippen molar-refractivity contribution in [3.05, 3.63) is 64.7 Å². The Hall–Kier alpha value is -2.29. The summed E-state index contributed by atoms with van der Waals surface area (Å²) in [5.41, 5.74) is 4.52. The molecule has 0 spiro atoms. The first kappa shape index (κ1) is 16.1. The van der Waals surface area contributed by atoms with E-state index >= 15 is 0 Å². The van der Waals surface area contributed by atoms with Crippen LogP contribution in [-0.2, 0) is 11.3 Å². The minimum absolute atomic E-state index is 0.0255. The van der Waals surface area contributed by atoms with Crippen LogP contribution in [0.1, 0.15) is 22.3 Å². The lowest BCUT2D eigenvalue weighted by atomic mass is 10.1. The number of hydrogen-bond donors (Lipinski definition) is 0. The predicted molar refractivity (Wildman–Crippen MR) is 89.1 cm³/mol. The summed E-state index contributed by atoms with van der Waals surface area (Å²) in [5, 5.41) is 0. The summed E-state index contributed by atoms with van der Waals surface area (Å²) in [6.45, 7) is 6.76. The van der Waals surface area contributed by atoms with E-state index in [2.05, 4.69) is 13.0 Å². The lowest BCUT2D eigenvalue weighted by Gasteiger charge is -2.18. The number of likely N-dealkylation sites (N-methyl/N-ethyl adjacent to an activating group) is 1. The van der Waals surface area contributed by atoms with Crippen LogP contribution in [0.15, 0.2) is 42.5 Å². The van der Waals surface area contributed by atoms with E-state index in [1.807, 2.05) is 50.2 Å². The van der Waals surface area contributed by atoms with Gasteiger partial charge >= 0.3 is 0 Å². The zero-order valence-corrected chi connectivity index (χ0v) is 13.7. The van der Waals surface area contributed by atoms with Crippen molar-refractivity contribution in [3.63, 3.8) is 0 Å². The second-order valence-corrected chi connectivity index (χ2v) is 5.73. The van der Waals surface area contributed by atoms with E-state index in [4.69, 9.17) is 4.74 Å². The van der Waals surface area contributed by atoms with Gasteiger partial charge in [0.1, 0.15) is 5.75 Å². The number of carbonyl (C=O) groups is 1. The lowest BCUT2D eigenvalue weighted by molar-refractivity contribution is -0.132. The molecule has 3 heteroatoms. The molecule has 0 saturated carbocycles. The minimum atomic E-state index is -0.0255. The van der Waals surface area contributed by atoms with Crippen molar-refractivity contribution < 1.29 is 9.53 Å². The van der Waals surface area contributed by atoms with Crippen LogP contribution < -0.4 is 4.74 Å². The van der Waals surface area contributed by atoms with E-state index in [0.717, 1.165) is 22.4 Å². The molecule has 0 heterocycles. The van der Waals surface area contributed by atoms with Crippen LogP contribution in [0.25, 0.3) is 0 Å². The van der Waals surface area contributed by atoms with Crippen molar-refractivity contribution in [1.29, 1.82) is 0 Å². The van der Waals surface area contributed by atoms with Crippen molar-refractivity contribution in [2.24, 2.45) is 0 Å². The molecule has 3 nitrogen and oxygen atoms in total. The first-order valence-electron chi connectivity index (χ1n) is 7.46. The molecule has 116 valence electrons. The number of benzene rings is 2. The van der Waals surface area contributed by atoms with Gasteiger partial charge in [0.2, 0.25) is 0 Å². The largest absolute Gasteiger partial charge is 0.483 e. The van der Waals surface area contributed by atoms with Crippen molar-refractivity contribution in [3.8, 4) is 5.75 Å². The predicted octanol–water partition coefficient (Wildman–Crippen LogP) is 3.65. The van der Waals surface area contributed by atoms with Crippen molar-refractivity contribution in [1.82, 2.24) is 4.90 Å². The molecule has 1 amide bonds. The quantitative estimate of drug-likeness (QED) is 0.843. The molecule has 0 saturated heterocycles. The van der Waals surface area contributed by atoms with Gasteiger partial charge in [-0.1, -0.05) is 36.4 Å². The molecular formula is C19H23NO2. The number of amides is 1. The monoisotopic (exact) mass is 297 g/mol. The fourth-order valence-electron chi connectivity index (χ4n) is 2.35.